The van der Waals surface area contributed by atoms with Crippen LogP contribution >= 0.6 is 0 Å². The maximum Gasteiger partial charge on any atom is 0.261 e. The molecule has 33 heavy (non-hydrogen) atoms. The highest BCUT2D eigenvalue weighted by Gasteiger charge is 2.44. The van der Waals surface area contributed by atoms with Crippen LogP contribution in [-0.2, 0) is 4.79 Å². The Morgan fingerprint density at radius 1 is 1.00 bits per heavy atom. The number of hydrogen-bond acceptors (Lipinski definition) is 6. The van der Waals surface area contributed by atoms with Crippen molar-refractivity contribution in [1.29, 1.82) is 0 Å². The number of ether oxygens (including phenoxy) is 2. The van der Waals surface area contributed by atoms with Gasteiger partial charge in [0, 0.05) is 45.0 Å². The van der Waals surface area contributed by atoms with E-state index >= 15 is 0 Å². The van der Waals surface area contributed by atoms with Gasteiger partial charge in [0.15, 0.2) is 5.78 Å². The van der Waals surface area contributed by atoms with Crippen LogP contribution in [0.4, 0.5) is 0 Å². The molecule has 0 aromatic heterocycles. The first-order valence-corrected chi connectivity index (χ1v) is 11.0. The van der Waals surface area contributed by atoms with E-state index in [4.69, 9.17) is 9.47 Å². The first kappa shape index (κ1) is 21.2. The van der Waals surface area contributed by atoms with Crippen LogP contribution in [0.1, 0.15) is 56.8 Å². The normalized spacial score (nSPS) is 18.8. The van der Waals surface area contributed by atoms with E-state index in [1.165, 1.54) is 0 Å². The summed E-state index contributed by atoms with van der Waals surface area (Å²) in [4.78, 5) is 53.4. The summed E-state index contributed by atoms with van der Waals surface area (Å²) < 4.78 is 11.5. The molecule has 1 saturated heterocycles. The number of imide groups is 1. The van der Waals surface area contributed by atoms with Gasteiger partial charge in [0.1, 0.15) is 17.1 Å². The minimum Gasteiger partial charge on any atom is -0.497 e. The molecular formula is C25H24N2O6. The summed E-state index contributed by atoms with van der Waals surface area (Å²) in [5, 5.41) is 0. The Morgan fingerprint density at radius 2 is 1.67 bits per heavy atom. The van der Waals surface area contributed by atoms with Crippen molar-refractivity contribution in [3.05, 3.63) is 59.2 Å². The van der Waals surface area contributed by atoms with Crippen LogP contribution in [0.25, 0.3) is 0 Å². The number of carbonyl (C=O) groups excluding carboxylic acids is 4. The Hall–Kier alpha value is -3.68. The minimum atomic E-state index is -0.629. The summed E-state index contributed by atoms with van der Waals surface area (Å²) >= 11 is 0. The fourth-order valence-corrected chi connectivity index (χ4v) is 4.85. The second kappa shape index (κ2) is 8.03. The van der Waals surface area contributed by atoms with Gasteiger partial charge in [0.2, 0.25) is 5.91 Å². The molecule has 8 nitrogen and oxygen atoms in total. The molecule has 0 aliphatic carbocycles. The number of carbonyl (C=O) groups is 4. The highest BCUT2D eigenvalue weighted by molar-refractivity contribution is 6.21. The zero-order chi connectivity index (χ0) is 23.2. The zero-order valence-electron chi connectivity index (χ0n) is 18.3. The van der Waals surface area contributed by atoms with Crippen LogP contribution in [0.3, 0.4) is 0 Å². The van der Waals surface area contributed by atoms with Crippen molar-refractivity contribution in [2.75, 3.05) is 26.7 Å². The maximum absolute atomic E-state index is 12.8. The van der Waals surface area contributed by atoms with Crippen LogP contribution in [-0.4, -0.2) is 65.6 Å². The topological polar surface area (TPSA) is 93.2 Å². The molecule has 0 unspecified atom stereocenters. The lowest BCUT2D eigenvalue weighted by molar-refractivity contribution is -0.134. The minimum absolute atomic E-state index is 0.0318. The van der Waals surface area contributed by atoms with Gasteiger partial charge in [-0.1, -0.05) is 12.1 Å². The number of hydrogen-bond donors (Lipinski definition) is 0. The standard InChI is InChI=1S/C25H24N2O6/c1-32-16-6-7-19-20(28)15-25(33-21(19)14-16)9-12-26(13-10-25)22(29)8-11-27-23(30)17-4-2-3-5-18(17)24(27)31/h2-7,14H,8-13,15H2,1H3. The Labute approximate surface area is 191 Å². The van der Waals surface area contributed by atoms with E-state index < -0.39 is 5.60 Å². The summed E-state index contributed by atoms with van der Waals surface area (Å²) in [5.74, 6) is 0.346. The quantitative estimate of drug-likeness (QED) is 0.668. The van der Waals surface area contributed by atoms with Gasteiger partial charge in [0.05, 0.1) is 30.2 Å². The van der Waals surface area contributed by atoms with Crippen LogP contribution in [0.15, 0.2) is 42.5 Å². The number of Topliss-reactive ketones (excluding diaryl/α,β-unsaturated/α-hetero) is 1. The third kappa shape index (κ3) is 3.65. The van der Waals surface area contributed by atoms with E-state index in [1.807, 2.05) is 0 Å². The smallest absolute Gasteiger partial charge is 0.261 e. The van der Waals surface area contributed by atoms with Crippen LogP contribution < -0.4 is 9.47 Å². The molecule has 2 aromatic carbocycles. The molecule has 0 atom stereocenters. The summed E-state index contributed by atoms with van der Waals surface area (Å²) in [6, 6.07) is 11.9. The predicted octanol–water partition coefficient (Wildman–Crippen LogP) is 2.71. The Bertz CT molecular complexity index is 1130. The molecular weight excluding hydrogens is 424 g/mol. The zero-order valence-corrected chi connectivity index (χ0v) is 18.3. The molecule has 1 spiro atoms. The van der Waals surface area contributed by atoms with Gasteiger partial charge >= 0.3 is 0 Å². The molecule has 0 radical (unpaired) electrons. The lowest BCUT2D eigenvalue weighted by Crippen LogP contribution is -2.52. The van der Waals surface area contributed by atoms with Gasteiger partial charge in [-0.25, -0.2) is 0 Å². The monoisotopic (exact) mass is 448 g/mol. The third-order valence-electron chi connectivity index (χ3n) is 6.75. The largest absolute Gasteiger partial charge is 0.497 e. The molecule has 0 bridgehead atoms. The van der Waals surface area contributed by atoms with E-state index in [0.717, 1.165) is 4.90 Å². The molecule has 3 amide bonds. The van der Waals surface area contributed by atoms with Crippen molar-refractivity contribution < 1.29 is 28.7 Å². The van der Waals surface area contributed by atoms with Gasteiger partial charge in [0.25, 0.3) is 11.8 Å². The highest BCUT2D eigenvalue weighted by atomic mass is 16.5. The molecule has 3 aliphatic heterocycles. The molecule has 5 rings (SSSR count). The van der Waals surface area contributed by atoms with E-state index in [1.54, 1.807) is 54.5 Å². The van der Waals surface area contributed by atoms with Gasteiger partial charge in [-0.2, -0.15) is 0 Å². The second-order valence-electron chi connectivity index (χ2n) is 8.69. The van der Waals surface area contributed by atoms with Gasteiger partial charge in [-0.3, -0.25) is 24.1 Å². The average Bonchev–Trinajstić information content (AvgIpc) is 3.07. The molecule has 8 heteroatoms. The molecule has 0 saturated carbocycles. The highest BCUT2D eigenvalue weighted by Crippen LogP contribution is 2.40. The summed E-state index contributed by atoms with van der Waals surface area (Å²) in [6.07, 6.45) is 1.42. The summed E-state index contributed by atoms with van der Waals surface area (Å²) in [7, 11) is 1.56. The first-order chi connectivity index (χ1) is 15.9. The van der Waals surface area contributed by atoms with Gasteiger partial charge in [-0.15, -0.1) is 0 Å². The first-order valence-electron chi connectivity index (χ1n) is 11.0. The van der Waals surface area contributed by atoms with Crippen LogP contribution in [0, 0.1) is 0 Å². The summed E-state index contributed by atoms with van der Waals surface area (Å²) in [5.41, 5.74) is 0.688. The summed E-state index contributed by atoms with van der Waals surface area (Å²) in [6.45, 7) is 0.954. The van der Waals surface area contributed by atoms with Crippen molar-refractivity contribution in [3.8, 4) is 11.5 Å². The SMILES string of the molecule is COc1ccc2c(c1)OC1(CCN(C(=O)CCN3C(=O)c4ccccc4C3=O)CC1)CC2=O. The molecule has 3 aliphatic rings. The van der Waals surface area contributed by atoms with E-state index in [-0.39, 0.29) is 42.9 Å². The lowest BCUT2D eigenvalue weighted by Gasteiger charge is -2.44. The Balaban J connectivity index is 1.19. The van der Waals surface area contributed by atoms with Crippen molar-refractivity contribution in [2.45, 2.75) is 31.3 Å². The number of fused-ring (bicyclic) bond motifs is 2. The lowest BCUT2D eigenvalue weighted by atomic mass is 9.82. The van der Waals surface area contributed by atoms with Crippen molar-refractivity contribution in [1.82, 2.24) is 9.80 Å². The molecule has 3 heterocycles. The van der Waals surface area contributed by atoms with E-state index in [0.29, 0.717) is 54.1 Å². The number of piperidine rings is 1. The van der Waals surface area contributed by atoms with Gasteiger partial charge < -0.3 is 14.4 Å². The van der Waals surface area contributed by atoms with E-state index in [9.17, 15) is 19.2 Å². The average molecular weight is 448 g/mol. The number of amides is 3. The van der Waals surface area contributed by atoms with Crippen molar-refractivity contribution in [3.63, 3.8) is 0 Å². The Morgan fingerprint density at radius 3 is 2.30 bits per heavy atom. The maximum atomic E-state index is 12.8. The van der Waals surface area contributed by atoms with Gasteiger partial charge in [-0.05, 0) is 24.3 Å². The molecule has 2 aromatic rings. The third-order valence-corrected chi connectivity index (χ3v) is 6.75. The predicted molar refractivity (Wildman–Crippen MR) is 118 cm³/mol. The number of rotatable bonds is 4. The Kier molecular flexibility index (Phi) is 5.15. The molecule has 1 fully saturated rings. The molecule has 170 valence electrons. The number of nitrogens with zero attached hydrogens (tertiary/aromatic N) is 2. The fraction of sp³-hybridized carbons (Fsp3) is 0.360. The fourth-order valence-electron chi connectivity index (χ4n) is 4.85. The second-order valence-corrected chi connectivity index (χ2v) is 8.69. The number of methoxy groups -OCH3 is 1. The number of benzene rings is 2. The number of ketones is 1. The van der Waals surface area contributed by atoms with Crippen LogP contribution in [0.5, 0.6) is 11.5 Å². The van der Waals surface area contributed by atoms with Crippen molar-refractivity contribution >= 4 is 23.5 Å². The number of likely N-dealkylation sites (tertiary alicyclic amines) is 1. The van der Waals surface area contributed by atoms with Crippen molar-refractivity contribution in [2.24, 2.45) is 0 Å². The van der Waals surface area contributed by atoms with Crippen LogP contribution in [0.2, 0.25) is 0 Å². The van der Waals surface area contributed by atoms with E-state index in [2.05, 4.69) is 0 Å². The molecule has 0 N–H and O–H groups in total.